The number of benzene rings is 1. The number of carbonyl (C=O) groups is 1. The van der Waals surface area contributed by atoms with E-state index in [-0.39, 0.29) is 0 Å². The van der Waals surface area contributed by atoms with E-state index in [1.807, 2.05) is 0 Å². The van der Waals surface area contributed by atoms with Crippen LogP contribution in [0.4, 0.5) is 5.69 Å². The van der Waals surface area contributed by atoms with Gasteiger partial charge in [0.05, 0.1) is 5.56 Å². The van der Waals surface area contributed by atoms with E-state index in [4.69, 9.17) is 10.8 Å². The van der Waals surface area contributed by atoms with Gasteiger partial charge in [0, 0.05) is 10.6 Å². The second kappa shape index (κ2) is 5.66. The highest BCUT2D eigenvalue weighted by molar-refractivity contribution is 7.99. The topological polar surface area (TPSA) is 63.3 Å². The van der Waals surface area contributed by atoms with Gasteiger partial charge in [0.15, 0.2) is 0 Å². The molecular formula is C11H15NO2S. The van der Waals surface area contributed by atoms with E-state index >= 15 is 0 Å². The highest BCUT2D eigenvalue weighted by Gasteiger charge is 2.10. The van der Waals surface area contributed by atoms with Gasteiger partial charge in [-0.05, 0) is 30.4 Å². The van der Waals surface area contributed by atoms with E-state index in [1.165, 1.54) is 0 Å². The van der Waals surface area contributed by atoms with E-state index in [0.717, 1.165) is 23.5 Å². The van der Waals surface area contributed by atoms with Crippen molar-refractivity contribution in [3.63, 3.8) is 0 Å². The first-order valence-electron chi connectivity index (χ1n) is 4.90. The lowest BCUT2D eigenvalue weighted by molar-refractivity contribution is 0.0693. The van der Waals surface area contributed by atoms with E-state index in [9.17, 15) is 4.79 Å². The van der Waals surface area contributed by atoms with Crippen LogP contribution in [0.25, 0.3) is 0 Å². The summed E-state index contributed by atoms with van der Waals surface area (Å²) in [5.41, 5.74) is 6.57. The Labute approximate surface area is 93.7 Å². The molecule has 0 unspecified atom stereocenters. The Bertz CT molecular complexity index is 352. The number of rotatable bonds is 5. The SMILES string of the molecule is CCCCSc1cc(N)ccc1C(=O)O. The maximum absolute atomic E-state index is 10.9. The summed E-state index contributed by atoms with van der Waals surface area (Å²) in [5, 5.41) is 8.96. The zero-order valence-electron chi connectivity index (χ0n) is 8.69. The third-order valence-electron chi connectivity index (χ3n) is 1.99. The van der Waals surface area contributed by atoms with Gasteiger partial charge in [-0.2, -0.15) is 0 Å². The molecule has 0 spiro atoms. The van der Waals surface area contributed by atoms with Crippen LogP contribution in [0.3, 0.4) is 0 Å². The van der Waals surface area contributed by atoms with Gasteiger partial charge in [-0.1, -0.05) is 13.3 Å². The predicted octanol–water partition coefficient (Wildman–Crippen LogP) is 2.86. The second-order valence-corrected chi connectivity index (χ2v) is 4.40. The van der Waals surface area contributed by atoms with Crippen molar-refractivity contribution in [2.75, 3.05) is 11.5 Å². The van der Waals surface area contributed by atoms with E-state index in [0.29, 0.717) is 11.3 Å². The van der Waals surface area contributed by atoms with Crippen LogP contribution in [0.1, 0.15) is 30.1 Å². The van der Waals surface area contributed by atoms with Crippen LogP contribution in [0.15, 0.2) is 23.1 Å². The van der Waals surface area contributed by atoms with Crippen molar-refractivity contribution < 1.29 is 9.90 Å². The molecule has 0 bridgehead atoms. The molecule has 1 rings (SSSR count). The van der Waals surface area contributed by atoms with E-state index in [2.05, 4.69) is 6.92 Å². The fourth-order valence-corrected chi connectivity index (χ4v) is 2.34. The first-order chi connectivity index (χ1) is 7.15. The normalized spacial score (nSPS) is 10.2. The van der Waals surface area contributed by atoms with Gasteiger partial charge in [-0.3, -0.25) is 0 Å². The Balaban J connectivity index is 2.82. The number of hydrogen-bond acceptors (Lipinski definition) is 3. The smallest absolute Gasteiger partial charge is 0.336 e. The number of nitrogen functional groups attached to an aromatic ring is 1. The van der Waals surface area contributed by atoms with Crippen molar-refractivity contribution in [3.8, 4) is 0 Å². The van der Waals surface area contributed by atoms with Crippen molar-refractivity contribution in [2.24, 2.45) is 0 Å². The molecule has 1 aromatic rings. The molecule has 0 atom stereocenters. The molecule has 3 nitrogen and oxygen atoms in total. The molecule has 1 aromatic carbocycles. The van der Waals surface area contributed by atoms with Crippen LogP contribution in [-0.2, 0) is 0 Å². The zero-order valence-corrected chi connectivity index (χ0v) is 9.51. The monoisotopic (exact) mass is 225 g/mol. The van der Waals surface area contributed by atoms with E-state index in [1.54, 1.807) is 30.0 Å². The number of aromatic carboxylic acids is 1. The van der Waals surface area contributed by atoms with Crippen molar-refractivity contribution in [3.05, 3.63) is 23.8 Å². The number of carboxylic acid groups (broad SMARTS) is 1. The van der Waals surface area contributed by atoms with Gasteiger partial charge in [0.1, 0.15) is 0 Å². The van der Waals surface area contributed by atoms with Crippen LogP contribution in [0.5, 0.6) is 0 Å². The van der Waals surface area contributed by atoms with Crippen molar-refractivity contribution in [1.29, 1.82) is 0 Å². The summed E-state index contributed by atoms with van der Waals surface area (Å²) in [6, 6.07) is 4.91. The lowest BCUT2D eigenvalue weighted by atomic mass is 10.2. The zero-order chi connectivity index (χ0) is 11.3. The van der Waals surface area contributed by atoms with Crippen molar-refractivity contribution >= 4 is 23.4 Å². The van der Waals surface area contributed by atoms with Crippen LogP contribution in [0, 0.1) is 0 Å². The molecule has 0 saturated heterocycles. The number of thioether (sulfide) groups is 1. The maximum atomic E-state index is 10.9. The van der Waals surface area contributed by atoms with Gasteiger partial charge in [-0.15, -0.1) is 11.8 Å². The molecule has 3 N–H and O–H groups in total. The van der Waals surface area contributed by atoms with Crippen LogP contribution in [0.2, 0.25) is 0 Å². The molecule has 0 aromatic heterocycles. The molecule has 0 saturated carbocycles. The largest absolute Gasteiger partial charge is 0.478 e. The Morgan fingerprint density at radius 1 is 1.53 bits per heavy atom. The summed E-state index contributed by atoms with van der Waals surface area (Å²) in [6.45, 7) is 2.11. The predicted molar refractivity (Wildman–Crippen MR) is 63.4 cm³/mol. The Morgan fingerprint density at radius 2 is 2.27 bits per heavy atom. The van der Waals surface area contributed by atoms with Crippen LogP contribution < -0.4 is 5.73 Å². The summed E-state index contributed by atoms with van der Waals surface area (Å²) in [5.74, 6) is 0.0363. The summed E-state index contributed by atoms with van der Waals surface area (Å²) in [6.07, 6.45) is 2.19. The third kappa shape index (κ3) is 3.47. The molecule has 0 aliphatic heterocycles. The number of carboxylic acids is 1. The minimum Gasteiger partial charge on any atom is -0.478 e. The average molecular weight is 225 g/mol. The number of hydrogen-bond donors (Lipinski definition) is 2. The molecule has 0 radical (unpaired) electrons. The molecule has 0 aliphatic rings. The maximum Gasteiger partial charge on any atom is 0.336 e. The average Bonchev–Trinajstić information content (AvgIpc) is 2.18. The first kappa shape index (κ1) is 11.9. The van der Waals surface area contributed by atoms with Crippen molar-refractivity contribution in [2.45, 2.75) is 24.7 Å². The summed E-state index contributed by atoms with van der Waals surface area (Å²) in [7, 11) is 0. The molecule has 0 aliphatic carbocycles. The van der Waals surface area contributed by atoms with Gasteiger partial charge >= 0.3 is 5.97 Å². The van der Waals surface area contributed by atoms with Crippen molar-refractivity contribution in [1.82, 2.24) is 0 Å². The fourth-order valence-electron chi connectivity index (χ4n) is 1.16. The summed E-state index contributed by atoms with van der Waals surface area (Å²) < 4.78 is 0. The molecular weight excluding hydrogens is 210 g/mol. The van der Waals surface area contributed by atoms with Crippen LogP contribution >= 0.6 is 11.8 Å². The lowest BCUT2D eigenvalue weighted by Crippen LogP contribution is -2.00. The standard InChI is InChI=1S/C11H15NO2S/c1-2-3-6-15-10-7-8(12)4-5-9(10)11(13)14/h4-5,7H,2-3,6,12H2,1H3,(H,13,14). The fraction of sp³-hybridized carbons (Fsp3) is 0.364. The van der Waals surface area contributed by atoms with Gasteiger partial charge < -0.3 is 10.8 Å². The Kier molecular flexibility index (Phi) is 4.49. The minimum atomic E-state index is -0.894. The molecule has 0 amide bonds. The third-order valence-corrected chi connectivity index (χ3v) is 3.13. The molecule has 15 heavy (non-hydrogen) atoms. The lowest BCUT2D eigenvalue weighted by Gasteiger charge is -2.06. The first-order valence-corrected chi connectivity index (χ1v) is 5.89. The highest BCUT2D eigenvalue weighted by Crippen LogP contribution is 2.26. The molecule has 4 heteroatoms. The van der Waals surface area contributed by atoms with Gasteiger partial charge in [0.2, 0.25) is 0 Å². The quantitative estimate of drug-likeness (QED) is 0.459. The minimum absolute atomic E-state index is 0.338. The van der Waals surface area contributed by atoms with Gasteiger partial charge in [-0.25, -0.2) is 4.79 Å². The Morgan fingerprint density at radius 3 is 2.87 bits per heavy atom. The second-order valence-electron chi connectivity index (χ2n) is 3.26. The van der Waals surface area contributed by atoms with E-state index < -0.39 is 5.97 Å². The number of nitrogens with two attached hydrogens (primary N) is 1. The number of anilines is 1. The molecule has 82 valence electrons. The summed E-state index contributed by atoms with van der Waals surface area (Å²) >= 11 is 1.55. The molecule has 0 fully saturated rings. The number of unbranched alkanes of at least 4 members (excludes halogenated alkanes) is 1. The Hall–Kier alpha value is -1.16. The molecule has 0 heterocycles. The highest BCUT2D eigenvalue weighted by atomic mass is 32.2. The van der Waals surface area contributed by atoms with Crippen LogP contribution in [-0.4, -0.2) is 16.8 Å². The van der Waals surface area contributed by atoms with Gasteiger partial charge in [0.25, 0.3) is 0 Å². The summed E-state index contributed by atoms with van der Waals surface area (Å²) in [4.78, 5) is 11.7.